The third kappa shape index (κ3) is 2.32. The molecule has 0 saturated carbocycles. The first kappa shape index (κ1) is 13.9. The number of carboxylic acid groups (broad SMARTS) is 1. The molecule has 1 aromatic carbocycles. The van der Waals surface area contributed by atoms with Crippen molar-refractivity contribution in [2.75, 3.05) is 25.2 Å². The van der Waals surface area contributed by atoms with Crippen LogP contribution in [0.3, 0.4) is 0 Å². The van der Waals surface area contributed by atoms with Gasteiger partial charge in [0.2, 0.25) is 0 Å². The van der Waals surface area contributed by atoms with E-state index in [4.69, 9.17) is 9.47 Å². The Morgan fingerprint density at radius 3 is 2.90 bits per heavy atom. The Kier molecular flexibility index (Phi) is 3.93. The number of amides is 1. The van der Waals surface area contributed by atoms with Crippen LogP contribution in [0.5, 0.6) is 5.75 Å². The van der Waals surface area contributed by atoms with Gasteiger partial charge in [0.1, 0.15) is 18.3 Å². The normalized spacial score (nSPS) is 16.4. The van der Waals surface area contributed by atoms with E-state index in [9.17, 15) is 14.7 Å². The second-order valence-electron chi connectivity index (χ2n) is 4.27. The molecule has 20 heavy (non-hydrogen) atoms. The third-order valence-corrected chi connectivity index (χ3v) is 3.10. The maximum atomic E-state index is 12.0. The fourth-order valence-electron chi connectivity index (χ4n) is 2.23. The zero-order valence-corrected chi connectivity index (χ0v) is 11.0. The molecular weight excluding hydrogens is 262 g/mol. The molecule has 0 radical (unpaired) electrons. The minimum atomic E-state index is -0.987. The van der Waals surface area contributed by atoms with Gasteiger partial charge in [0.25, 0.3) is 0 Å². The molecule has 6 heteroatoms. The van der Waals surface area contributed by atoms with Gasteiger partial charge >= 0.3 is 12.1 Å². The summed E-state index contributed by atoms with van der Waals surface area (Å²) in [6.45, 7) is 3.56. The van der Waals surface area contributed by atoms with E-state index in [0.29, 0.717) is 17.0 Å². The minimum Gasteiger partial charge on any atom is -0.495 e. The lowest BCUT2D eigenvalue weighted by atomic mass is 10.0. The Balaban J connectivity index is 2.41. The van der Waals surface area contributed by atoms with E-state index in [-0.39, 0.29) is 13.2 Å². The van der Waals surface area contributed by atoms with Crippen LogP contribution in [0, 0.1) is 0 Å². The van der Waals surface area contributed by atoms with E-state index in [0.717, 1.165) is 0 Å². The number of aliphatic carboxylic acids is 1. The van der Waals surface area contributed by atoms with Gasteiger partial charge in [-0.1, -0.05) is 24.8 Å². The highest BCUT2D eigenvalue weighted by Gasteiger charge is 2.39. The van der Waals surface area contributed by atoms with Crippen molar-refractivity contribution in [2.45, 2.75) is 5.92 Å². The molecule has 1 amide bonds. The van der Waals surface area contributed by atoms with Crippen molar-refractivity contribution in [2.24, 2.45) is 0 Å². The summed E-state index contributed by atoms with van der Waals surface area (Å²) in [6.07, 6.45) is 0.839. The average molecular weight is 277 g/mol. The van der Waals surface area contributed by atoms with Gasteiger partial charge in [-0.25, -0.2) is 4.79 Å². The Labute approximate surface area is 116 Å². The lowest BCUT2D eigenvalue weighted by Crippen LogP contribution is -2.32. The van der Waals surface area contributed by atoms with Gasteiger partial charge in [0.05, 0.1) is 12.8 Å². The number of fused-ring (bicyclic) bond motifs is 1. The summed E-state index contributed by atoms with van der Waals surface area (Å²) in [7, 11) is 1.47. The van der Waals surface area contributed by atoms with E-state index in [2.05, 4.69) is 6.58 Å². The molecule has 0 fully saturated rings. The zero-order chi connectivity index (χ0) is 14.7. The van der Waals surface area contributed by atoms with Gasteiger partial charge < -0.3 is 14.6 Å². The summed E-state index contributed by atoms with van der Waals surface area (Å²) in [6, 6.07) is 5.06. The fraction of sp³-hybridized carbons (Fsp3) is 0.286. The van der Waals surface area contributed by atoms with Gasteiger partial charge in [-0.2, -0.15) is 0 Å². The van der Waals surface area contributed by atoms with Crippen LogP contribution in [-0.2, 0) is 9.53 Å². The monoisotopic (exact) mass is 277 g/mol. The highest BCUT2D eigenvalue weighted by atomic mass is 16.6. The Bertz CT molecular complexity index is 554. The first-order valence-corrected chi connectivity index (χ1v) is 6.05. The van der Waals surface area contributed by atoms with E-state index < -0.39 is 18.0 Å². The highest BCUT2D eigenvalue weighted by molar-refractivity contribution is 5.97. The average Bonchev–Trinajstić information content (AvgIpc) is 2.84. The van der Waals surface area contributed by atoms with E-state index in [1.807, 2.05) is 0 Å². The molecule has 1 N–H and O–H groups in total. The first-order chi connectivity index (χ1) is 9.60. The van der Waals surface area contributed by atoms with E-state index in [1.165, 1.54) is 18.1 Å². The van der Waals surface area contributed by atoms with E-state index >= 15 is 0 Å². The number of hydrogen-bond acceptors (Lipinski definition) is 4. The maximum Gasteiger partial charge on any atom is 0.414 e. The largest absolute Gasteiger partial charge is 0.495 e. The van der Waals surface area contributed by atoms with Crippen molar-refractivity contribution in [1.82, 2.24) is 0 Å². The van der Waals surface area contributed by atoms with Crippen LogP contribution in [-0.4, -0.2) is 37.4 Å². The van der Waals surface area contributed by atoms with Gasteiger partial charge in [-0.3, -0.25) is 9.69 Å². The quantitative estimate of drug-likeness (QED) is 0.852. The van der Waals surface area contributed by atoms with Crippen LogP contribution in [0.15, 0.2) is 30.9 Å². The third-order valence-electron chi connectivity index (χ3n) is 3.10. The highest BCUT2D eigenvalue weighted by Crippen LogP contribution is 2.43. The lowest BCUT2D eigenvalue weighted by molar-refractivity contribution is -0.138. The zero-order valence-electron chi connectivity index (χ0n) is 11.0. The lowest BCUT2D eigenvalue weighted by Gasteiger charge is -2.18. The number of benzene rings is 1. The van der Waals surface area contributed by atoms with Gasteiger partial charge in [0.15, 0.2) is 0 Å². The predicted octanol–water partition coefficient (Wildman–Crippen LogP) is 2.01. The van der Waals surface area contributed by atoms with Crippen molar-refractivity contribution >= 4 is 17.7 Å². The molecule has 6 nitrogen and oxygen atoms in total. The summed E-state index contributed by atoms with van der Waals surface area (Å²) in [5.41, 5.74) is 1.00. The van der Waals surface area contributed by atoms with Crippen LogP contribution in [0.1, 0.15) is 11.5 Å². The number of rotatable bonds is 4. The van der Waals surface area contributed by atoms with Crippen LogP contribution in [0.4, 0.5) is 10.5 Å². The molecule has 0 bridgehead atoms. The molecule has 1 aromatic rings. The Morgan fingerprint density at radius 1 is 1.55 bits per heavy atom. The molecular formula is C14H15NO5. The second kappa shape index (κ2) is 5.64. The summed E-state index contributed by atoms with van der Waals surface area (Å²) >= 11 is 0. The minimum absolute atomic E-state index is 0.0288. The standard InChI is InChI=1S/C14H15NO5/c1-3-7-20-14(18)15-8-10(13(16)17)9-5-4-6-11(19-2)12(9)15/h3-6,10H,1,7-8H2,2H3,(H,16,17). The topological polar surface area (TPSA) is 76.1 Å². The maximum absolute atomic E-state index is 12.0. The number of carbonyl (C=O) groups excluding carboxylic acids is 1. The predicted molar refractivity (Wildman–Crippen MR) is 72.3 cm³/mol. The van der Waals surface area contributed by atoms with Gasteiger partial charge in [-0.05, 0) is 11.6 Å². The smallest absolute Gasteiger partial charge is 0.414 e. The molecule has 0 aliphatic carbocycles. The number of carboxylic acids is 1. The molecule has 1 aliphatic heterocycles. The molecule has 0 spiro atoms. The van der Waals surface area contributed by atoms with Gasteiger partial charge in [0, 0.05) is 6.54 Å². The molecule has 1 atom stereocenters. The molecule has 1 unspecified atom stereocenters. The van der Waals surface area contributed by atoms with Crippen LogP contribution in [0.2, 0.25) is 0 Å². The number of anilines is 1. The Morgan fingerprint density at radius 2 is 2.30 bits per heavy atom. The van der Waals surface area contributed by atoms with Crippen molar-refractivity contribution < 1.29 is 24.2 Å². The van der Waals surface area contributed by atoms with Crippen molar-refractivity contribution in [3.63, 3.8) is 0 Å². The number of methoxy groups -OCH3 is 1. The molecule has 106 valence electrons. The number of hydrogen-bond donors (Lipinski definition) is 1. The van der Waals surface area contributed by atoms with Crippen molar-refractivity contribution in [3.8, 4) is 5.75 Å². The van der Waals surface area contributed by atoms with E-state index in [1.54, 1.807) is 18.2 Å². The molecule has 1 heterocycles. The molecule has 0 aromatic heterocycles. The Hall–Kier alpha value is -2.50. The summed E-state index contributed by atoms with van der Waals surface area (Å²) < 4.78 is 10.2. The number of nitrogens with zero attached hydrogens (tertiary/aromatic N) is 1. The number of carbonyl (C=O) groups is 2. The van der Waals surface area contributed by atoms with Crippen LogP contribution in [0.25, 0.3) is 0 Å². The first-order valence-electron chi connectivity index (χ1n) is 6.05. The summed E-state index contributed by atoms with van der Waals surface area (Å²) in [5, 5.41) is 9.26. The second-order valence-corrected chi connectivity index (χ2v) is 4.27. The molecule has 1 aliphatic rings. The number of ether oxygens (including phenoxy) is 2. The van der Waals surface area contributed by atoms with Gasteiger partial charge in [-0.15, -0.1) is 0 Å². The molecule has 2 rings (SSSR count). The number of para-hydroxylation sites is 1. The van der Waals surface area contributed by atoms with Crippen molar-refractivity contribution in [1.29, 1.82) is 0 Å². The molecule has 0 saturated heterocycles. The SMILES string of the molecule is C=CCOC(=O)N1CC(C(=O)O)c2cccc(OC)c21. The summed E-state index contributed by atoms with van der Waals surface area (Å²) in [5.74, 6) is -1.32. The van der Waals surface area contributed by atoms with Crippen LogP contribution >= 0.6 is 0 Å². The van der Waals surface area contributed by atoms with Crippen molar-refractivity contribution in [3.05, 3.63) is 36.4 Å². The summed E-state index contributed by atoms with van der Waals surface area (Å²) in [4.78, 5) is 24.6. The van der Waals surface area contributed by atoms with Crippen LogP contribution < -0.4 is 9.64 Å². The fourth-order valence-corrected chi connectivity index (χ4v) is 2.23.